The molecule has 21 heavy (non-hydrogen) atoms. The molecule has 2 rings (SSSR count). The van der Waals surface area contributed by atoms with Crippen molar-refractivity contribution in [1.82, 2.24) is 0 Å². The fourth-order valence-corrected chi connectivity index (χ4v) is 1.82. The van der Waals surface area contributed by atoms with E-state index in [2.05, 4.69) is 5.32 Å². The Morgan fingerprint density at radius 3 is 2.52 bits per heavy atom. The maximum absolute atomic E-state index is 13.0. The molecule has 0 saturated carbocycles. The molecule has 0 fully saturated rings. The minimum atomic E-state index is -0.465. The Labute approximate surface area is 121 Å². The number of nitrogens with one attached hydrogen (secondary N) is 1. The van der Waals surface area contributed by atoms with Crippen molar-refractivity contribution in [3.8, 4) is 11.5 Å². The number of nitrogen functional groups attached to an aromatic ring is 1. The van der Waals surface area contributed by atoms with Gasteiger partial charge in [-0.1, -0.05) is 0 Å². The minimum Gasteiger partial charge on any atom is -0.497 e. The van der Waals surface area contributed by atoms with E-state index in [4.69, 9.17) is 15.2 Å². The monoisotopic (exact) mass is 290 g/mol. The van der Waals surface area contributed by atoms with Gasteiger partial charge in [0.05, 0.1) is 31.2 Å². The van der Waals surface area contributed by atoms with E-state index in [1.54, 1.807) is 18.2 Å². The van der Waals surface area contributed by atoms with Crippen LogP contribution in [0.5, 0.6) is 11.5 Å². The van der Waals surface area contributed by atoms with Crippen molar-refractivity contribution >= 4 is 17.3 Å². The fourth-order valence-electron chi connectivity index (χ4n) is 1.82. The second kappa shape index (κ2) is 6.13. The Morgan fingerprint density at radius 2 is 1.90 bits per heavy atom. The molecule has 0 unspecified atom stereocenters. The lowest BCUT2D eigenvalue weighted by molar-refractivity contribution is 0.102. The van der Waals surface area contributed by atoms with E-state index in [-0.39, 0.29) is 5.69 Å². The smallest absolute Gasteiger partial charge is 0.259 e. The summed E-state index contributed by atoms with van der Waals surface area (Å²) in [7, 11) is 2.98. The van der Waals surface area contributed by atoms with Gasteiger partial charge in [0.25, 0.3) is 5.91 Å². The maximum atomic E-state index is 13.0. The van der Waals surface area contributed by atoms with Crippen molar-refractivity contribution in [1.29, 1.82) is 0 Å². The van der Waals surface area contributed by atoms with E-state index in [0.717, 1.165) is 6.07 Å². The van der Waals surface area contributed by atoms with Gasteiger partial charge in [0.15, 0.2) is 0 Å². The summed E-state index contributed by atoms with van der Waals surface area (Å²) < 4.78 is 23.2. The van der Waals surface area contributed by atoms with E-state index in [1.807, 2.05) is 0 Å². The molecule has 110 valence electrons. The Balaban J connectivity index is 2.28. The zero-order chi connectivity index (χ0) is 15.4. The topological polar surface area (TPSA) is 73.6 Å². The summed E-state index contributed by atoms with van der Waals surface area (Å²) >= 11 is 0. The molecule has 6 heteroatoms. The summed E-state index contributed by atoms with van der Waals surface area (Å²) in [5.74, 6) is 0.0672. The molecule has 0 radical (unpaired) electrons. The van der Waals surface area contributed by atoms with E-state index in [0.29, 0.717) is 22.7 Å². The second-order valence-electron chi connectivity index (χ2n) is 4.25. The number of hydrogen-bond donors (Lipinski definition) is 2. The van der Waals surface area contributed by atoms with Gasteiger partial charge in [-0.3, -0.25) is 4.79 Å². The summed E-state index contributed by atoms with van der Waals surface area (Å²) in [6.07, 6.45) is 0. The molecule has 1 amide bonds. The number of anilines is 2. The highest BCUT2D eigenvalue weighted by molar-refractivity contribution is 6.07. The third-order valence-corrected chi connectivity index (χ3v) is 2.92. The highest BCUT2D eigenvalue weighted by Gasteiger charge is 2.14. The average molecular weight is 290 g/mol. The van der Waals surface area contributed by atoms with Gasteiger partial charge >= 0.3 is 0 Å². The number of methoxy groups -OCH3 is 2. The van der Waals surface area contributed by atoms with Crippen molar-refractivity contribution in [2.24, 2.45) is 0 Å². The number of benzene rings is 2. The van der Waals surface area contributed by atoms with Crippen LogP contribution in [0.1, 0.15) is 10.4 Å². The second-order valence-corrected chi connectivity index (χ2v) is 4.25. The van der Waals surface area contributed by atoms with Crippen LogP contribution in [0.15, 0.2) is 36.4 Å². The molecule has 2 aromatic carbocycles. The van der Waals surface area contributed by atoms with Crippen LogP contribution < -0.4 is 20.5 Å². The van der Waals surface area contributed by atoms with E-state index in [1.165, 1.54) is 26.4 Å². The zero-order valence-corrected chi connectivity index (χ0v) is 11.6. The first-order valence-corrected chi connectivity index (χ1v) is 6.13. The van der Waals surface area contributed by atoms with Crippen molar-refractivity contribution in [2.45, 2.75) is 0 Å². The quantitative estimate of drug-likeness (QED) is 0.849. The third kappa shape index (κ3) is 3.22. The third-order valence-electron chi connectivity index (χ3n) is 2.92. The number of rotatable bonds is 4. The zero-order valence-electron chi connectivity index (χ0n) is 11.6. The van der Waals surface area contributed by atoms with Crippen LogP contribution >= 0.6 is 0 Å². The number of ether oxygens (including phenoxy) is 2. The molecular formula is C15H15FN2O3. The van der Waals surface area contributed by atoms with Gasteiger partial charge in [-0.25, -0.2) is 4.39 Å². The standard InChI is InChI=1S/C15H15FN2O3/c1-20-10-4-5-11(14(8-10)21-2)15(19)18-13-6-3-9(16)7-12(13)17/h3-8H,17H2,1-2H3,(H,18,19). The van der Waals surface area contributed by atoms with Crippen LogP contribution in [-0.2, 0) is 0 Å². The number of carbonyl (C=O) groups is 1. The van der Waals surface area contributed by atoms with Crippen LogP contribution in [-0.4, -0.2) is 20.1 Å². The van der Waals surface area contributed by atoms with Gasteiger partial charge in [0.2, 0.25) is 0 Å². The maximum Gasteiger partial charge on any atom is 0.259 e. The summed E-state index contributed by atoms with van der Waals surface area (Å²) in [6.45, 7) is 0. The van der Waals surface area contributed by atoms with Crippen LogP contribution in [0.4, 0.5) is 15.8 Å². The molecule has 0 aliphatic rings. The predicted octanol–water partition coefficient (Wildman–Crippen LogP) is 2.68. The van der Waals surface area contributed by atoms with Crippen molar-refractivity contribution in [3.63, 3.8) is 0 Å². The Morgan fingerprint density at radius 1 is 1.14 bits per heavy atom. The molecule has 0 aromatic heterocycles. The normalized spacial score (nSPS) is 10.0. The molecule has 3 N–H and O–H groups in total. The van der Waals surface area contributed by atoms with Gasteiger partial charge in [-0.05, 0) is 30.3 Å². The van der Waals surface area contributed by atoms with Crippen molar-refractivity contribution < 1.29 is 18.7 Å². The van der Waals surface area contributed by atoms with Crippen molar-refractivity contribution in [3.05, 3.63) is 47.8 Å². The van der Waals surface area contributed by atoms with Crippen LogP contribution in [0.2, 0.25) is 0 Å². The average Bonchev–Trinajstić information content (AvgIpc) is 2.49. The molecule has 0 aliphatic heterocycles. The number of hydrogen-bond acceptors (Lipinski definition) is 4. The minimum absolute atomic E-state index is 0.149. The van der Waals surface area contributed by atoms with E-state index in [9.17, 15) is 9.18 Å². The highest BCUT2D eigenvalue weighted by Crippen LogP contribution is 2.26. The van der Waals surface area contributed by atoms with Gasteiger partial charge in [0.1, 0.15) is 17.3 Å². The molecule has 0 saturated heterocycles. The lowest BCUT2D eigenvalue weighted by Gasteiger charge is -2.12. The van der Waals surface area contributed by atoms with Crippen molar-refractivity contribution in [2.75, 3.05) is 25.3 Å². The first-order valence-electron chi connectivity index (χ1n) is 6.13. The lowest BCUT2D eigenvalue weighted by Crippen LogP contribution is -2.14. The SMILES string of the molecule is COc1ccc(C(=O)Nc2ccc(F)cc2N)c(OC)c1. The van der Waals surface area contributed by atoms with Crippen LogP contribution in [0, 0.1) is 5.82 Å². The number of halogens is 1. The summed E-state index contributed by atoms with van der Waals surface area (Å²) in [4.78, 5) is 12.2. The highest BCUT2D eigenvalue weighted by atomic mass is 19.1. The molecule has 5 nitrogen and oxygen atoms in total. The van der Waals surface area contributed by atoms with Crippen LogP contribution in [0.3, 0.4) is 0 Å². The van der Waals surface area contributed by atoms with Gasteiger partial charge in [-0.15, -0.1) is 0 Å². The van der Waals surface area contributed by atoms with Gasteiger partial charge in [-0.2, -0.15) is 0 Å². The Hall–Kier alpha value is -2.76. The van der Waals surface area contributed by atoms with E-state index >= 15 is 0 Å². The lowest BCUT2D eigenvalue weighted by atomic mass is 10.1. The summed E-state index contributed by atoms with van der Waals surface area (Å²) in [5.41, 5.74) is 6.46. The largest absolute Gasteiger partial charge is 0.497 e. The molecule has 0 atom stereocenters. The van der Waals surface area contributed by atoms with Gasteiger partial charge < -0.3 is 20.5 Å². The summed E-state index contributed by atoms with van der Waals surface area (Å²) in [6, 6.07) is 8.58. The first-order chi connectivity index (χ1) is 10.0. The Kier molecular flexibility index (Phi) is 4.27. The molecular weight excluding hydrogens is 275 g/mol. The van der Waals surface area contributed by atoms with Crippen LogP contribution in [0.25, 0.3) is 0 Å². The number of nitrogens with two attached hydrogens (primary N) is 1. The number of amides is 1. The number of carbonyl (C=O) groups excluding carboxylic acids is 1. The molecule has 0 spiro atoms. The molecule has 0 heterocycles. The first kappa shape index (κ1) is 14.6. The molecule has 0 aliphatic carbocycles. The fraction of sp³-hybridized carbons (Fsp3) is 0.133. The van der Waals surface area contributed by atoms with Gasteiger partial charge in [0, 0.05) is 6.07 Å². The Bertz CT molecular complexity index is 674. The predicted molar refractivity (Wildman–Crippen MR) is 78.3 cm³/mol. The summed E-state index contributed by atoms with van der Waals surface area (Å²) in [5, 5.41) is 2.61. The van der Waals surface area contributed by atoms with E-state index < -0.39 is 11.7 Å². The molecule has 2 aromatic rings. The molecule has 0 bridgehead atoms.